The van der Waals surface area contributed by atoms with Crippen molar-refractivity contribution in [2.24, 2.45) is 11.8 Å². The van der Waals surface area contributed by atoms with Crippen LogP contribution in [0.2, 0.25) is 0 Å². The fourth-order valence-corrected chi connectivity index (χ4v) is 7.42. The fraction of sp³-hybridized carbons (Fsp3) is 0.423. The summed E-state index contributed by atoms with van der Waals surface area (Å²) in [5.74, 6) is -4.45. The van der Waals surface area contributed by atoms with Crippen molar-refractivity contribution in [2.45, 2.75) is 128 Å². The third kappa shape index (κ3) is 17.9. The molecule has 0 fully saturated rings. The first-order chi connectivity index (χ1) is 33.3. The number of rotatable bonds is 25. The molecule has 10 N–H and O–H groups in total. The van der Waals surface area contributed by atoms with Gasteiger partial charge in [-0.05, 0) is 60.8 Å². The molecule has 0 aliphatic heterocycles. The van der Waals surface area contributed by atoms with E-state index in [9.17, 15) is 49.2 Å². The number of hydrogen-bond acceptors (Lipinski definition) is 12. The molecule has 4 aromatic carbocycles. The Morgan fingerprint density at radius 2 is 0.657 bits per heavy atom. The zero-order valence-corrected chi connectivity index (χ0v) is 40.4. The topological polar surface area (TPSA) is 274 Å². The second kappa shape index (κ2) is 28.0. The summed E-state index contributed by atoms with van der Waals surface area (Å²) in [5, 5.41) is 60.9. The molecular weight excluding hydrogens is 901 g/mol. The second-order valence-corrected chi connectivity index (χ2v) is 17.9. The van der Waals surface area contributed by atoms with Crippen LogP contribution >= 0.6 is 0 Å². The summed E-state index contributed by atoms with van der Waals surface area (Å²) in [5.41, 5.74) is 2.71. The maximum atomic E-state index is 14.2. The Hall–Kier alpha value is -6.86. The average Bonchev–Trinajstić information content (AvgIpc) is 3.34. The molecule has 0 heterocycles. The van der Waals surface area contributed by atoms with E-state index in [0.29, 0.717) is 22.3 Å². The number of alkyl carbamates (subject to hydrolysis) is 2. The van der Waals surface area contributed by atoms with Gasteiger partial charge in [-0.1, -0.05) is 149 Å². The van der Waals surface area contributed by atoms with Crippen LogP contribution in [0.15, 0.2) is 121 Å². The SMILES string of the molecule is CC(C)[C@H](NC(=O)[C@@H](NC(=O)OCc1ccccc1)[C@@H](C)O)C(=O)N[C@@H](Cc1ccccc1)[C@@H](O)[C@H](O)[C@H](Cc1ccccc1)NC(=O)[C@@H](NC(=O)[C@@H](NC(=O)OCc1ccccc1)[C@@H](C)O)C(C)C. The van der Waals surface area contributed by atoms with Gasteiger partial charge in [-0.25, -0.2) is 9.59 Å². The van der Waals surface area contributed by atoms with E-state index < -0.39 is 108 Å². The first-order valence-corrected chi connectivity index (χ1v) is 23.3. The molecule has 18 nitrogen and oxygen atoms in total. The van der Waals surface area contributed by atoms with Gasteiger partial charge in [-0.2, -0.15) is 0 Å². The molecule has 10 atom stereocenters. The molecule has 0 aromatic heterocycles. The highest BCUT2D eigenvalue weighted by molar-refractivity contribution is 5.93. The molecule has 0 unspecified atom stereocenters. The van der Waals surface area contributed by atoms with Gasteiger partial charge in [0.2, 0.25) is 23.6 Å². The van der Waals surface area contributed by atoms with E-state index in [0.717, 1.165) is 0 Å². The zero-order valence-electron chi connectivity index (χ0n) is 40.4. The van der Waals surface area contributed by atoms with Crippen molar-refractivity contribution in [1.82, 2.24) is 31.9 Å². The van der Waals surface area contributed by atoms with Crippen LogP contribution in [-0.2, 0) is 54.7 Å². The molecule has 0 saturated heterocycles. The van der Waals surface area contributed by atoms with Crippen molar-refractivity contribution < 1.29 is 58.7 Å². The first kappa shape index (κ1) is 55.7. The summed E-state index contributed by atoms with van der Waals surface area (Å²) in [6.07, 6.45) is -8.36. The highest BCUT2D eigenvalue weighted by Crippen LogP contribution is 2.17. The number of carbonyl (C=O) groups is 6. The van der Waals surface area contributed by atoms with Crippen LogP contribution in [0.5, 0.6) is 0 Å². The minimum atomic E-state index is -1.77. The van der Waals surface area contributed by atoms with E-state index in [2.05, 4.69) is 31.9 Å². The molecular formula is C52H68N6O12. The van der Waals surface area contributed by atoms with Gasteiger partial charge in [0.15, 0.2) is 0 Å². The molecule has 18 heteroatoms. The van der Waals surface area contributed by atoms with E-state index in [1.165, 1.54) is 13.8 Å². The van der Waals surface area contributed by atoms with Gasteiger partial charge in [-0.3, -0.25) is 19.2 Å². The molecule has 0 aliphatic carbocycles. The van der Waals surface area contributed by atoms with Crippen LogP contribution in [0, 0.1) is 11.8 Å². The lowest BCUT2D eigenvalue weighted by molar-refractivity contribution is -0.134. The van der Waals surface area contributed by atoms with E-state index in [1.54, 1.807) is 149 Å². The summed E-state index contributed by atoms with van der Waals surface area (Å²) in [7, 11) is 0. The second-order valence-electron chi connectivity index (χ2n) is 17.9. The summed E-state index contributed by atoms with van der Waals surface area (Å²) in [6, 6.07) is 27.2. The van der Waals surface area contributed by atoms with Crippen LogP contribution in [0.1, 0.15) is 63.8 Å². The van der Waals surface area contributed by atoms with Crippen LogP contribution < -0.4 is 31.9 Å². The van der Waals surface area contributed by atoms with Crippen molar-refractivity contribution in [2.75, 3.05) is 0 Å². The van der Waals surface area contributed by atoms with E-state index in [1.807, 2.05) is 0 Å². The van der Waals surface area contributed by atoms with Crippen LogP contribution in [0.4, 0.5) is 9.59 Å². The lowest BCUT2D eigenvalue weighted by atomic mass is 9.90. The lowest BCUT2D eigenvalue weighted by Gasteiger charge is -2.35. The smallest absolute Gasteiger partial charge is 0.408 e. The number of amides is 6. The highest BCUT2D eigenvalue weighted by atomic mass is 16.6. The van der Waals surface area contributed by atoms with E-state index >= 15 is 0 Å². The Balaban J connectivity index is 1.54. The van der Waals surface area contributed by atoms with Crippen LogP contribution in [0.3, 0.4) is 0 Å². The number of ether oxygens (including phenoxy) is 2. The summed E-state index contributed by atoms with van der Waals surface area (Å²) < 4.78 is 10.5. The van der Waals surface area contributed by atoms with Gasteiger partial charge in [0, 0.05) is 0 Å². The lowest BCUT2D eigenvalue weighted by Crippen LogP contribution is -2.63. The Labute approximate surface area is 408 Å². The first-order valence-electron chi connectivity index (χ1n) is 23.3. The Bertz CT molecular complexity index is 2090. The van der Waals surface area contributed by atoms with Gasteiger partial charge < -0.3 is 61.8 Å². The number of nitrogens with one attached hydrogen (secondary N) is 6. The maximum absolute atomic E-state index is 14.2. The summed E-state index contributed by atoms with van der Waals surface area (Å²) in [4.78, 5) is 81.2. The Morgan fingerprint density at radius 3 is 0.929 bits per heavy atom. The molecule has 0 saturated carbocycles. The molecule has 378 valence electrons. The van der Waals surface area contributed by atoms with Gasteiger partial charge in [-0.15, -0.1) is 0 Å². The molecule has 6 amide bonds. The number of hydrogen-bond donors (Lipinski definition) is 10. The number of carbonyl (C=O) groups excluding carboxylic acids is 6. The third-order valence-corrected chi connectivity index (χ3v) is 11.4. The van der Waals surface area contributed by atoms with Gasteiger partial charge in [0.25, 0.3) is 0 Å². The van der Waals surface area contributed by atoms with Gasteiger partial charge in [0.05, 0.1) is 24.3 Å². The summed E-state index contributed by atoms with van der Waals surface area (Å²) >= 11 is 0. The minimum Gasteiger partial charge on any atom is -0.445 e. The van der Waals surface area contributed by atoms with E-state index in [4.69, 9.17) is 9.47 Å². The van der Waals surface area contributed by atoms with Crippen LogP contribution in [-0.4, -0.2) is 117 Å². The average molecular weight is 969 g/mol. The zero-order chi connectivity index (χ0) is 51.3. The van der Waals surface area contributed by atoms with Crippen molar-refractivity contribution in [1.29, 1.82) is 0 Å². The molecule has 70 heavy (non-hydrogen) atoms. The number of aliphatic hydroxyl groups excluding tert-OH is 4. The minimum absolute atomic E-state index is 0.0210. The highest BCUT2D eigenvalue weighted by Gasteiger charge is 2.39. The number of benzene rings is 4. The van der Waals surface area contributed by atoms with Crippen LogP contribution in [0.25, 0.3) is 0 Å². The predicted molar refractivity (Wildman–Crippen MR) is 260 cm³/mol. The third-order valence-electron chi connectivity index (χ3n) is 11.4. The fourth-order valence-electron chi connectivity index (χ4n) is 7.42. The predicted octanol–water partition coefficient (Wildman–Crippen LogP) is 2.80. The summed E-state index contributed by atoms with van der Waals surface area (Å²) in [6.45, 7) is 9.02. The molecule has 0 aliphatic rings. The molecule has 0 radical (unpaired) electrons. The van der Waals surface area contributed by atoms with Gasteiger partial charge in [0.1, 0.15) is 49.6 Å². The Morgan fingerprint density at radius 1 is 0.386 bits per heavy atom. The van der Waals surface area contributed by atoms with Crippen molar-refractivity contribution in [3.05, 3.63) is 144 Å². The van der Waals surface area contributed by atoms with Gasteiger partial charge >= 0.3 is 12.2 Å². The quantitative estimate of drug-likeness (QED) is 0.0460. The molecule has 4 aromatic rings. The normalized spacial score (nSPS) is 15.5. The number of aliphatic hydroxyl groups is 4. The van der Waals surface area contributed by atoms with Crippen molar-refractivity contribution in [3.63, 3.8) is 0 Å². The van der Waals surface area contributed by atoms with E-state index in [-0.39, 0.29) is 26.1 Å². The Kier molecular flexibility index (Phi) is 22.3. The molecule has 4 rings (SSSR count). The maximum Gasteiger partial charge on any atom is 0.408 e. The molecule has 0 bridgehead atoms. The molecule has 0 spiro atoms. The standard InChI is InChI=1S/C52H68N6O12/c1-31(2)41(55-49(65)43(33(5)59)57-51(67)69-29-37-23-15-9-16-24-37)47(63)53-39(27-35-19-11-7-12-20-35)45(61)46(62)40(28-36-21-13-8-14-22-36)54-48(64)42(32(3)4)56-50(66)44(34(6)60)58-52(68)70-30-38-25-17-10-18-26-38/h7-26,31-34,39-46,59-62H,27-30H2,1-6H3,(H,53,63)(H,54,64)(H,55,65)(H,56,66)(H,57,67)(H,58,68)/t33-,34-,39+,40+,41+,42+,43+,44+,45-,46-/m1/s1. The monoisotopic (exact) mass is 968 g/mol. The van der Waals surface area contributed by atoms with Crippen molar-refractivity contribution >= 4 is 35.8 Å². The van der Waals surface area contributed by atoms with Crippen molar-refractivity contribution in [3.8, 4) is 0 Å². The largest absolute Gasteiger partial charge is 0.445 e.